The van der Waals surface area contributed by atoms with Crippen LogP contribution in [0.3, 0.4) is 0 Å². The normalized spacial score (nSPS) is 20.5. The minimum atomic E-state index is -0.329. The van der Waals surface area contributed by atoms with Crippen LogP contribution in [-0.4, -0.2) is 23.4 Å². The Morgan fingerprint density at radius 1 is 1.42 bits per heavy atom. The molecule has 1 fully saturated rings. The van der Waals surface area contributed by atoms with Crippen molar-refractivity contribution in [1.29, 1.82) is 0 Å². The van der Waals surface area contributed by atoms with Crippen molar-refractivity contribution in [2.45, 2.75) is 51.1 Å². The molecule has 3 nitrogen and oxygen atoms in total. The summed E-state index contributed by atoms with van der Waals surface area (Å²) in [4.78, 5) is 14.4. The summed E-state index contributed by atoms with van der Waals surface area (Å²) >= 11 is 0. The molecule has 104 valence electrons. The number of rotatable bonds is 5. The quantitative estimate of drug-likeness (QED) is 0.885. The Morgan fingerprint density at radius 2 is 2.16 bits per heavy atom. The molecule has 0 aliphatic carbocycles. The first-order valence-corrected chi connectivity index (χ1v) is 7.35. The van der Waals surface area contributed by atoms with Crippen LogP contribution in [0, 0.1) is 0 Å². The third-order valence-corrected chi connectivity index (χ3v) is 3.91. The van der Waals surface area contributed by atoms with Crippen LogP contribution >= 0.6 is 0 Å². The molecule has 2 rings (SSSR count). The minimum Gasteiger partial charge on any atom is -0.334 e. The molecule has 0 saturated carbocycles. The number of amides is 1. The van der Waals surface area contributed by atoms with Gasteiger partial charge in [-0.2, -0.15) is 0 Å². The molecule has 0 radical (unpaired) electrons. The van der Waals surface area contributed by atoms with E-state index in [1.807, 2.05) is 23.1 Å². The van der Waals surface area contributed by atoms with Crippen LogP contribution in [0.1, 0.15) is 50.6 Å². The maximum absolute atomic E-state index is 12.4. The predicted octanol–water partition coefficient (Wildman–Crippen LogP) is 2.87. The van der Waals surface area contributed by atoms with Gasteiger partial charge in [-0.1, -0.05) is 50.1 Å². The fourth-order valence-electron chi connectivity index (χ4n) is 2.81. The molecule has 0 spiro atoms. The van der Waals surface area contributed by atoms with Crippen LogP contribution in [0.2, 0.25) is 0 Å². The highest BCUT2D eigenvalue weighted by Gasteiger charge is 2.32. The van der Waals surface area contributed by atoms with E-state index in [1.54, 1.807) is 0 Å². The zero-order valence-electron chi connectivity index (χ0n) is 11.7. The van der Waals surface area contributed by atoms with Gasteiger partial charge in [0.15, 0.2) is 0 Å². The van der Waals surface area contributed by atoms with Gasteiger partial charge in [0.2, 0.25) is 5.91 Å². The highest BCUT2D eigenvalue weighted by molar-refractivity contribution is 5.82. The summed E-state index contributed by atoms with van der Waals surface area (Å²) < 4.78 is 0. The summed E-state index contributed by atoms with van der Waals surface area (Å²) in [6.07, 6.45) is 5.04. The monoisotopic (exact) mass is 260 g/mol. The molecule has 1 saturated heterocycles. The average Bonchev–Trinajstić information content (AvgIpc) is 2.94. The molecule has 1 aromatic carbocycles. The number of nitrogens with zero attached hydrogens (tertiary/aromatic N) is 1. The third kappa shape index (κ3) is 3.35. The summed E-state index contributed by atoms with van der Waals surface area (Å²) in [7, 11) is 0. The zero-order chi connectivity index (χ0) is 13.7. The maximum atomic E-state index is 12.4. The molecule has 1 unspecified atom stereocenters. The highest BCUT2D eigenvalue weighted by atomic mass is 16.2. The number of hydrogen-bond donors (Lipinski definition) is 1. The van der Waals surface area contributed by atoms with Gasteiger partial charge in [-0.25, -0.2) is 0 Å². The van der Waals surface area contributed by atoms with E-state index in [0.717, 1.165) is 38.6 Å². The number of carbonyl (C=O) groups is 1. The molecule has 2 N–H and O–H groups in total. The van der Waals surface area contributed by atoms with E-state index in [4.69, 9.17) is 5.73 Å². The van der Waals surface area contributed by atoms with Gasteiger partial charge in [0.1, 0.15) is 0 Å². The van der Waals surface area contributed by atoms with E-state index in [-0.39, 0.29) is 18.0 Å². The Labute approximate surface area is 115 Å². The van der Waals surface area contributed by atoms with Gasteiger partial charge in [-0.15, -0.1) is 0 Å². The molecule has 19 heavy (non-hydrogen) atoms. The molecule has 3 heteroatoms. The first-order valence-electron chi connectivity index (χ1n) is 7.35. The van der Waals surface area contributed by atoms with Gasteiger partial charge in [0, 0.05) is 6.54 Å². The molecule has 0 aromatic heterocycles. The van der Waals surface area contributed by atoms with Crippen molar-refractivity contribution >= 4 is 5.91 Å². The summed E-state index contributed by atoms with van der Waals surface area (Å²) in [6.45, 7) is 2.97. The molecule has 1 amide bonds. The lowest BCUT2D eigenvalue weighted by atomic mass is 10.0. The molecule has 1 aliphatic rings. The Hall–Kier alpha value is -1.35. The number of carbonyl (C=O) groups excluding carboxylic acids is 1. The van der Waals surface area contributed by atoms with Crippen molar-refractivity contribution in [3.05, 3.63) is 35.9 Å². The van der Waals surface area contributed by atoms with Crippen molar-refractivity contribution in [2.75, 3.05) is 6.54 Å². The van der Waals surface area contributed by atoms with Gasteiger partial charge < -0.3 is 10.6 Å². The van der Waals surface area contributed by atoms with Crippen molar-refractivity contribution in [1.82, 2.24) is 4.90 Å². The number of hydrogen-bond acceptors (Lipinski definition) is 2. The van der Waals surface area contributed by atoms with E-state index in [2.05, 4.69) is 19.1 Å². The molecular weight excluding hydrogens is 236 g/mol. The fourth-order valence-corrected chi connectivity index (χ4v) is 2.81. The summed E-state index contributed by atoms with van der Waals surface area (Å²) in [6, 6.07) is 10.2. The molecule has 1 aliphatic heterocycles. The second-order valence-electron chi connectivity index (χ2n) is 5.35. The van der Waals surface area contributed by atoms with Gasteiger partial charge in [0.05, 0.1) is 12.1 Å². The zero-order valence-corrected chi connectivity index (χ0v) is 11.7. The minimum absolute atomic E-state index is 0.125. The smallest absolute Gasteiger partial charge is 0.239 e. The molecule has 0 bridgehead atoms. The van der Waals surface area contributed by atoms with Crippen LogP contribution < -0.4 is 5.73 Å². The number of unbranched alkanes of at least 4 members (excludes halogenated alkanes) is 1. The SMILES string of the molecule is CCCC[C@H](N)C(=O)N1CCCC1c1ccccc1. The van der Waals surface area contributed by atoms with Gasteiger partial charge in [-0.3, -0.25) is 4.79 Å². The van der Waals surface area contributed by atoms with Crippen molar-refractivity contribution in [3.63, 3.8) is 0 Å². The average molecular weight is 260 g/mol. The maximum Gasteiger partial charge on any atom is 0.239 e. The Kier molecular flexibility index (Phi) is 4.97. The largest absolute Gasteiger partial charge is 0.334 e. The van der Waals surface area contributed by atoms with Crippen LogP contribution in [0.4, 0.5) is 0 Å². The van der Waals surface area contributed by atoms with Crippen LogP contribution in [0.15, 0.2) is 30.3 Å². The van der Waals surface area contributed by atoms with E-state index in [0.29, 0.717) is 0 Å². The first-order chi connectivity index (χ1) is 9.24. The summed E-state index contributed by atoms with van der Waals surface area (Å²) in [5, 5.41) is 0. The topological polar surface area (TPSA) is 46.3 Å². The molecule has 2 atom stereocenters. The molecular formula is C16H24N2O. The standard InChI is InChI=1S/C16H24N2O/c1-2-3-10-14(17)16(19)18-12-7-11-15(18)13-8-5-4-6-9-13/h4-6,8-9,14-15H,2-3,7,10-12,17H2,1H3/t14-,15?/m0/s1. The van der Waals surface area contributed by atoms with E-state index in [9.17, 15) is 4.79 Å². The van der Waals surface area contributed by atoms with Crippen LogP contribution in [0.5, 0.6) is 0 Å². The Bertz CT molecular complexity index is 404. The lowest BCUT2D eigenvalue weighted by Gasteiger charge is -2.27. The lowest BCUT2D eigenvalue weighted by molar-refractivity contribution is -0.133. The third-order valence-electron chi connectivity index (χ3n) is 3.91. The Balaban J connectivity index is 2.04. The number of nitrogens with two attached hydrogens (primary N) is 1. The summed E-state index contributed by atoms with van der Waals surface area (Å²) in [5.74, 6) is 0.125. The molecule has 1 aromatic rings. The number of likely N-dealkylation sites (tertiary alicyclic amines) is 1. The summed E-state index contributed by atoms with van der Waals surface area (Å²) in [5.41, 5.74) is 7.26. The van der Waals surface area contributed by atoms with Crippen molar-refractivity contribution < 1.29 is 4.79 Å². The fraction of sp³-hybridized carbons (Fsp3) is 0.562. The van der Waals surface area contributed by atoms with E-state index in [1.165, 1.54) is 5.56 Å². The van der Waals surface area contributed by atoms with Crippen LogP contribution in [0.25, 0.3) is 0 Å². The Morgan fingerprint density at radius 3 is 2.84 bits per heavy atom. The second kappa shape index (κ2) is 6.71. The second-order valence-corrected chi connectivity index (χ2v) is 5.35. The van der Waals surface area contributed by atoms with E-state index >= 15 is 0 Å². The van der Waals surface area contributed by atoms with Crippen LogP contribution in [-0.2, 0) is 4.79 Å². The lowest BCUT2D eigenvalue weighted by Crippen LogP contribution is -2.43. The van der Waals surface area contributed by atoms with Gasteiger partial charge in [0.25, 0.3) is 0 Å². The molecule has 1 heterocycles. The van der Waals surface area contributed by atoms with Gasteiger partial charge >= 0.3 is 0 Å². The van der Waals surface area contributed by atoms with Crippen molar-refractivity contribution in [3.8, 4) is 0 Å². The van der Waals surface area contributed by atoms with E-state index < -0.39 is 0 Å². The van der Waals surface area contributed by atoms with Gasteiger partial charge in [-0.05, 0) is 24.8 Å². The highest BCUT2D eigenvalue weighted by Crippen LogP contribution is 2.32. The number of benzene rings is 1. The predicted molar refractivity (Wildman–Crippen MR) is 77.6 cm³/mol. The first kappa shape index (κ1) is 14.1. The van der Waals surface area contributed by atoms with Crippen molar-refractivity contribution in [2.24, 2.45) is 5.73 Å².